The summed E-state index contributed by atoms with van der Waals surface area (Å²) < 4.78 is 0. The molecule has 0 aromatic carbocycles. The molecule has 0 bridgehead atoms. The zero-order valence-electron chi connectivity index (χ0n) is 6.39. The van der Waals surface area contributed by atoms with Gasteiger partial charge in [-0.3, -0.25) is 4.98 Å². The van der Waals surface area contributed by atoms with Crippen LogP contribution in [0.5, 0.6) is 0 Å². The van der Waals surface area contributed by atoms with Crippen LogP contribution in [0.4, 0.5) is 0 Å². The maximum Gasteiger partial charge on any atom is 0.0378 e. The van der Waals surface area contributed by atoms with Crippen molar-refractivity contribution >= 4 is 6.08 Å². The monoisotopic (exact) mass is 133 g/mol. The first-order chi connectivity index (χ1) is 4.74. The molecule has 0 amide bonds. The van der Waals surface area contributed by atoms with Gasteiger partial charge in [-0.2, -0.15) is 0 Å². The van der Waals surface area contributed by atoms with Gasteiger partial charge < -0.3 is 0 Å². The van der Waals surface area contributed by atoms with Gasteiger partial charge in [-0.1, -0.05) is 12.7 Å². The molecule has 0 aliphatic carbocycles. The van der Waals surface area contributed by atoms with Crippen LogP contribution in [0.1, 0.15) is 16.8 Å². The Balaban J connectivity index is 3.21. The summed E-state index contributed by atoms with van der Waals surface area (Å²) in [6.07, 6.45) is 3.72. The molecule has 0 N–H and O–H groups in total. The molecule has 0 atom stereocenters. The molecule has 0 saturated heterocycles. The highest BCUT2D eigenvalue weighted by Crippen LogP contribution is 2.08. The quantitative estimate of drug-likeness (QED) is 0.573. The standard InChI is InChI=1S/C9H11N/c1-4-9-5-8(3)10-6-7(9)2/h4-6H,1H2,2-3H3. The SMILES string of the molecule is C=Cc1cc(C)ncc1C. The molecule has 1 aromatic rings. The maximum atomic E-state index is 4.14. The van der Waals surface area contributed by atoms with Crippen molar-refractivity contribution in [3.05, 3.63) is 35.7 Å². The van der Waals surface area contributed by atoms with Crippen molar-refractivity contribution in [2.24, 2.45) is 0 Å². The summed E-state index contributed by atoms with van der Waals surface area (Å²) >= 11 is 0. The lowest BCUT2D eigenvalue weighted by molar-refractivity contribution is 1.16. The van der Waals surface area contributed by atoms with E-state index in [0.29, 0.717) is 0 Å². The van der Waals surface area contributed by atoms with E-state index in [0.717, 1.165) is 5.69 Å². The highest BCUT2D eigenvalue weighted by atomic mass is 14.7. The molecule has 0 saturated carbocycles. The molecular weight excluding hydrogens is 122 g/mol. The minimum Gasteiger partial charge on any atom is -0.261 e. The molecule has 0 radical (unpaired) electrons. The second-order valence-electron chi connectivity index (χ2n) is 2.39. The van der Waals surface area contributed by atoms with E-state index < -0.39 is 0 Å². The number of pyridine rings is 1. The zero-order chi connectivity index (χ0) is 7.56. The van der Waals surface area contributed by atoms with Gasteiger partial charge in [-0.05, 0) is 31.0 Å². The highest BCUT2D eigenvalue weighted by molar-refractivity contribution is 5.50. The maximum absolute atomic E-state index is 4.14. The summed E-state index contributed by atoms with van der Waals surface area (Å²) in [6.45, 7) is 7.71. The topological polar surface area (TPSA) is 12.9 Å². The molecule has 52 valence electrons. The lowest BCUT2D eigenvalue weighted by atomic mass is 10.1. The molecule has 0 spiro atoms. The Morgan fingerprint density at radius 2 is 2.20 bits per heavy atom. The van der Waals surface area contributed by atoms with Crippen molar-refractivity contribution in [3.8, 4) is 0 Å². The smallest absolute Gasteiger partial charge is 0.0378 e. The number of rotatable bonds is 1. The van der Waals surface area contributed by atoms with Gasteiger partial charge in [-0.25, -0.2) is 0 Å². The first kappa shape index (κ1) is 7.00. The predicted octanol–water partition coefficient (Wildman–Crippen LogP) is 2.34. The van der Waals surface area contributed by atoms with Crippen LogP contribution in [0, 0.1) is 13.8 Å². The average molecular weight is 133 g/mol. The summed E-state index contributed by atoms with van der Waals surface area (Å²) in [6, 6.07) is 2.03. The van der Waals surface area contributed by atoms with Gasteiger partial charge in [0.05, 0.1) is 0 Å². The minimum absolute atomic E-state index is 1.04. The molecular formula is C9H11N. The molecule has 1 heteroatoms. The van der Waals surface area contributed by atoms with Crippen LogP contribution >= 0.6 is 0 Å². The minimum atomic E-state index is 1.04. The second-order valence-corrected chi connectivity index (χ2v) is 2.39. The third-order valence-electron chi connectivity index (χ3n) is 1.50. The molecule has 1 nitrogen and oxygen atoms in total. The number of aryl methyl sites for hydroxylation is 2. The Hall–Kier alpha value is -1.11. The highest BCUT2D eigenvalue weighted by Gasteiger charge is 1.92. The van der Waals surface area contributed by atoms with Crippen molar-refractivity contribution in [1.29, 1.82) is 0 Å². The van der Waals surface area contributed by atoms with Gasteiger partial charge in [0.25, 0.3) is 0 Å². The number of aromatic nitrogens is 1. The lowest BCUT2D eigenvalue weighted by Gasteiger charge is -1.98. The van der Waals surface area contributed by atoms with Crippen molar-refractivity contribution in [1.82, 2.24) is 4.98 Å². The number of hydrogen-bond acceptors (Lipinski definition) is 1. The van der Waals surface area contributed by atoms with Gasteiger partial charge in [0.15, 0.2) is 0 Å². The van der Waals surface area contributed by atoms with Gasteiger partial charge in [0, 0.05) is 11.9 Å². The summed E-state index contributed by atoms with van der Waals surface area (Å²) in [7, 11) is 0. The molecule has 0 aliphatic heterocycles. The summed E-state index contributed by atoms with van der Waals surface area (Å²) in [4.78, 5) is 4.14. The van der Waals surface area contributed by atoms with Gasteiger partial charge in [0.1, 0.15) is 0 Å². The summed E-state index contributed by atoms with van der Waals surface area (Å²) in [5.41, 5.74) is 3.40. The van der Waals surface area contributed by atoms with Crippen LogP contribution < -0.4 is 0 Å². The number of hydrogen-bond donors (Lipinski definition) is 0. The van der Waals surface area contributed by atoms with Crippen LogP contribution in [0.3, 0.4) is 0 Å². The molecule has 0 fully saturated rings. The molecule has 0 unspecified atom stereocenters. The predicted molar refractivity (Wildman–Crippen MR) is 43.8 cm³/mol. The van der Waals surface area contributed by atoms with E-state index in [1.807, 2.05) is 32.2 Å². The van der Waals surface area contributed by atoms with E-state index in [-0.39, 0.29) is 0 Å². The first-order valence-corrected chi connectivity index (χ1v) is 3.29. The van der Waals surface area contributed by atoms with E-state index >= 15 is 0 Å². The normalized spacial score (nSPS) is 9.40. The van der Waals surface area contributed by atoms with E-state index in [4.69, 9.17) is 0 Å². The second kappa shape index (κ2) is 2.65. The fourth-order valence-corrected chi connectivity index (χ4v) is 0.869. The third kappa shape index (κ3) is 1.24. The lowest BCUT2D eigenvalue weighted by Crippen LogP contribution is -1.85. The van der Waals surface area contributed by atoms with Gasteiger partial charge in [-0.15, -0.1) is 0 Å². The fourth-order valence-electron chi connectivity index (χ4n) is 0.869. The van der Waals surface area contributed by atoms with Crippen molar-refractivity contribution in [3.63, 3.8) is 0 Å². The molecule has 1 rings (SSSR count). The Morgan fingerprint density at radius 1 is 1.50 bits per heavy atom. The Kier molecular flexibility index (Phi) is 1.86. The Bertz CT molecular complexity index is 251. The molecule has 1 aromatic heterocycles. The van der Waals surface area contributed by atoms with Crippen molar-refractivity contribution < 1.29 is 0 Å². The van der Waals surface area contributed by atoms with Crippen LogP contribution in [0.25, 0.3) is 6.08 Å². The van der Waals surface area contributed by atoms with E-state index in [9.17, 15) is 0 Å². The Labute approximate surface area is 61.4 Å². The van der Waals surface area contributed by atoms with E-state index in [1.54, 1.807) is 0 Å². The number of nitrogens with zero attached hydrogens (tertiary/aromatic N) is 1. The van der Waals surface area contributed by atoms with Crippen LogP contribution in [0.15, 0.2) is 18.8 Å². The van der Waals surface area contributed by atoms with Crippen LogP contribution in [-0.4, -0.2) is 4.98 Å². The van der Waals surface area contributed by atoms with E-state index in [2.05, 4.69) is 11.6 Å². The van der Waals surface area contributed by atoms with Gasteiger partial charge >= 0.3 is 0 Å². The zero-order valence-corrected chi connectivity index (χ0v) is 6.39. The largest absolute Gasteiger partial charge is 0.261 e. The Morgan fingerprint density at radius 3 is 2.70 bits per heavy atom. The van der Waals surface area contributed by atoms with Gasteiger partial charge in [0.2, 0.25) is 0 Å². The summed E-state index contributed by atoms with van der Waals surface area (Å²) in [5.74, 6) is 0. The fraction of sp³-hybridized carbons (Fsp3) is 0.222. The van der Waals surface area contributed by atoms with E-state index in [1.165, 1.54) is 11.1 Å². The molecule has 1 heterocycles. The third-order valence-corrected chi connectivity index (χ3v) is 1.50. The summed E-state index contributed by atoms with van der Waals surface area (Å²) in [5, 5.41) is 0. The molecule has 10 heavy (non-hydrogen) atoms. The molecule has 0 aliphatic rings. The first-order valence-electron chi connectivity index (χ1n) is 3.29. The van der Waals surface area contributed by atoms with Crippen molar-refractivity contribution in [2.75, 3.05) is 0 Å². The van der Waals surface area contributed by atoms with Crippen molar-refractivity contribution in [2.45, 2.75) is 13.8 Å². The average Bonchev–Trinajstić information content (AvgIpc) is 1.94. The van der Waals surface area contributed by atoms with Crippen LogP contribution in [0.2, 0.25) is 0 Å². The van der Waals surface area contributed by atoms with Crippen LogP contribution in [-0.2, 0) is 0 Å².